The standard InChI is InChI=1S/C17H19N3O3/c18-9-13-2-3-14-15(8-13)20(12-19-14)11-16(21)4-1-5-17(10-16)22-6-7-23-17/h2-3,8,12,21H,1,4-7,10-11H2. The number of nitriles is 1. The molecule has 0 radical (unpaired) electrons. The van der Waals surface area contributed by atoms with Gasteiger partial charge >= 0.3 is 0 Å². The maximum Gasteiger partial charge on any atom is 0.171 e. The number of imidazole rings is 1. The van der Waals surface area contributed by atoms with Crippen molar-refractivity contribution in [1.29, 1.82) is 5.26 Å². The van der Waals surface area contributed by atoms with Crippen molar-refractivity contribution in [1.82, 2.24) is 9.55 Å². The van der Waals surface area contributed by atoms with Gasteiger partial charge in [-0.1, -0.05) is 0 Å². The van der Waals surface area contributed by atoms with Gasteiger partial charge in [0.05, 0.1) is 54.4 Å². The molecule has 6 heteroatoms. The van der Waals surface area contributed by atoms with E-state index >= 15 is 0 Å². The van der Waals surface area contributed by atoms with Crippen LogP contribution in [0.5, 0.6) is 0 Å². The first kappa shape index (κ1) is 14.6. The first-order valence-electron chi connectivity index (χ1n) is 7.97. The van der Waals surface area contributed by atoms with Crippen molar-refractivity contribution in [3.63, 3.8) is 0 Å². The van der Waals surface area contributed by atoms with E-state index in [0.717, 1.165) is 23.9 Å². The van der Waals surface area contributed by atoms with Crippen LogP contribution in [0.25, 0.3) is 11.0 Å². The van der Waals surface area contributed by atoms with Gasteiger partial charge in [-0.3, -0.25) is 0 Å². The predicted molar refractivity (Wildman–Crippen MR) is 82.5 cm³/mol. The number of rotatable bonds is 2. The Balaban J connectivity index is 1.63. The molecule has 1 saturated heterocycles. The van der Waals surface area contributed by atoms with E-state index in [1.165, 1.54) is 0 Å². The molecular weight excluding hydrogens is 294 g/mol. The largest absolute Gasteiger partial charge is 0.388 e. The summed E-state index contributed by atoms with van der Waals surface area (Å²) in [5.41, 5.74) is 1.39. The van der Waals surface area contributed by atoms with Gasteiger partial charge in [0.1, 0.15) is 0 Å². The van der Waals surface area contributed by atoms with E-state index in [-0.39, 0.29) is 0 Å². The number of ether oxygens (including phenoxy) is 2. The van der Waals surface area contributed by atoms with Crippen molar-refractivity contribution in [2.45, 2.75) is 43.6 Å². The molecular formula is C17H19N3O3. The lowest BCUT2D eigenvalue weighted by molar-refractivity contribution is -0.220. The van der Waals surface area contributed by atoms with Gasteiger partial charge in [0, 0.05) is 12.8 Å². The number of aliphatic hydroxyl groups is 1. The van der Waals surface area contributed by atoms with Gasteiger partial charge in [-0.15, -0.1) is 0 Å². The minimum Gasteiger partial charge on any atom is -0.388 e. The topological polar surface area (TPSA) is 80.3 Å². The van der Waals surface area contributed by atoms with Crippen molar-refractivity contribution in [2.24, 2.45) is 0 Å². The van der Waals surface area contributed by atoms with Crippen molar-refractivity contribution >= 4 is 11.0 Å². The fourth-order valence-electron chi connectivity index (χ4n) is 3.81. The van der Waals surface area contributed by atoms with E-state index in [0.29, 0.717) is 38.2 Å². The van der Waals surface area contributed by atoms with Gasteiger partial charge in [-0.2, -0.15) is 5.26 Å². The molecule has 4 rings (SSSR count). The molecule has 1 spiro atoms. The van der Waals surface area contributed by atoms with Crippen LogP contribution >= 0.6 is 0 Å². The van der Waals surface area contributed by atoms with Gasteiger partial charge in [0.15, 0.2) is 5.79 Å². The molecule has 1 N–H and O–H groups in total. The molecule has 1 saturated carbocycles. The Bertz CT molecular complexity index is 773. The van der Waals surface area contributed by atoms with Gasteiger partial charge in [-0.05, 0) is 31.0 Å². The molecule has 2 aliphatic rings. The second-order valence-electron chi connectivity index (χ2n) is 6.55. The molecule has 23 heavy (non-hydrogen) atoms. The van der Waals surface area contributed by atoms with E-state index < -0.39 is 11.4 Å². The molecule has 0 amide bonds. The van der Waals surface area contributed by atoms with Crippen LogP contribution in [0.1, 0.15) is 31.2 Å². The highest BCUT2D eigenvalue weighted by atomic mass is 16.7. The van der Waals surface area contributed by atoms with Crippen LogP contribution < -0.4 is 0 Å². The van der Waals surface area contributed by atoms with Gasteiger partial charge in [-0.25, -0.2) is 4.98 Å². The molecule has 1 aromatic carbocycles. The van der Waals surface area contributed by atoms with Crippen LogP contribution in [0.15, 0.2) is 24.5 Å². The Labute approximate surface area is 134 Å². The average molecular weight is 313 g/mol. The molecule has 0 bridgehead atoms. The Hall–Kier alpha value is -1.94. The maximum absolute atomic E-state index is 11.1. The van der Waals surface area contributed by atoms with E-state index in [2.05, 4.69) is 11.1 Å². The second kappa shape index (κ2) is 5.31. The Kier molecular flexibility index (Phi) is 3.38. The fourth-order valence-corrected chi connectivity index (χ4v) is 3.81. The smallest absolute Gasteiger partial charge is 0.171 e. The number of benzene rings is 1. The number of fused-ring (bicyclic) bond motifs is 1. The van der Waals surface area contributed by atoms with Crippen molar-refractivity contribution in [3.8, 4) is 6.07 Å². The first-order valence-corrected chi connectivity index (χ1v) is 7.97. The number of aromatic nitrogens is 2. The summed E-state index contributed by atoms with van der Waals surface area (Å²) >= 11 is 0. The van der Waals surface area contributed by atoms with Crippen molar-refractivity contribution < 1.29 is 14.6 Å². The van der Waals surface area contributed by atoms with Crippen LogP contribution in [0.3, 0.4) is 0 Å². The van der Waals surface area contributed by atoms with E-state index in [4.69, 9.17) is 14.7 Å². The van der Waals surface area contributed by atoms with Crippen LogP contribution in [-0.4, -0.2) is 39.3 Å². The minimum absolute atomic E-state index is 0.423. The summed E-state index contributed by atoms with van der Waals surface area (Å²) in [4.78, 5) is 4.36. The SMILES string of the molecule is N#Cc1ccc2ncn(CC3(O)CCCC4(C3)OCCO4)c2c1. The van der Waals surface area contributed by atoms with Gasteiger partial charge < -0.3 is 19.1 Å². The van der Waals surface area contributed by atoms with Crippen LogP contribution in [0.2, 0.25) is 0 Å². The Morgan fingerprint density at radius 2 is 2.13 bits per heavy atom. The summed E-state index contributed by atoms with van der Waals surface area (Å²) in [6.07, 6.45) is 4.60. The zero-order valence-electron chi connectivity index (χ0n) is 12.9. The molecule has 1 unspecified atom stereocenters. The third-order valence-electron chi connectivity index (χ3n) is 4.83. The van der Waals surface area contributed by atoms with E-state index in [1.54, 1.807) is 12.4 Å². The number of hydrogen-bond donors (Lipinski definition) is 1. The highest BCUT2D eigenvalue weighted by Gasteiger charge is 2.48. The normalized spacial score (nSPS) is 26.6. The molecule has 1 aliphatic heterocycles. The summed E-state index contributed by atoms with van der Waals surface area (Å²) in [7, 11) is 0. The molecule has 1 aliphatic carbocycles. The minimum atomic E-state index is -0.890. The highest BCUT2D eigenvalue weighted by Crippen LogP contribution is 2.41. The van der Waals surface area contributed by atoms with Crippen LogP contribution in [0, 0.1) is 11.3 Å². The number of nitrogens with zero attached hydrogens (tertiary/aromatic N) is 3. The van der Waals surface area contributed by atoms with Gasteiger partial charge in [0.25, 0.3) is 0 Å². The summed E-state index contributed by atoms with van der Waals surface area (Å²) in [6.45, 7) is 1.61. The monoisotopic (exact) mass is 313 g/mol. The zero-order chi connectivity index (χ0) is 15.9. The lowest BCUT2D eigenvalue weighted by Gasteiger charge is -2.41. The lowest BCUT2D eigenvalue weighted by Crippen LogP contribution is -2.48. The fraction of sp³-hybridized carbons (Fsp3) is 0.529. The molecule has 1 aromatic heterocycles. The quantitative estimate of drug-likeness (QED) is 0.916. The molecule has 2 heterocycles. The summed E-state index contributed by atoms with van der Waals surface area (Å²) < 4.78 is 13.5. The maximum atomic E-state index is 11.1. The van der Waals surface area contributed by atoms with Crippen molar-refractivity contribution in [2.75, 3.05) is 13.2 Å². The Morgan fingerprint density at radius 1 is 1.30 bits per heavy atom. The molecule has 1 atom stereocenters. The lowest BCUT2D eigenvalue weighted by atomic mass is 9.80. The van der Waals surface area contributed by atoms with Gasteiger partial charge in [0.2, 0.25) is 0 Å². The Morgan fingerprint density at radius 3 is 2.91 bits per heavy atom. The van der Waals surface area contributed by atoms with Crippen LogP contribution in [-0.2, 0) is 16.0 Å². The molecule has 2 aromatic rings. The van der Waals surface area contributed by atoms with Crippen LogP contribution in [0.4, 0.5) is 0 Å². The van der Waals surface area contributed by atoms with E-state index in [9.17, 15) is 5.11 Å². The summed E-state index contributed by atoms with van der Waals surface area (Å²) in [5, 5.41) is 20.2. The second-order valence-corrected chi connectivity index (χ2v) is 6.55. The van der Waals surface area contributed by atoms with Crippen molar-refractivity contribution in [3.05, 3.63) is 30.1 Å². The first-order chi connectivity index (χ1) is 11.1. The third kappa shape index (κ3) is 2.61. The molecule has 120 valence electrons. The van der Waals surface area contributed by atoms with E-state index in [1.807, 2.05) is 16.7 Å². The molecule has 6 nitrogen and oxygen atoms in total. The highest BCUT2D eigenvalue weighted by molar-refractivity contribution is 5.77. The zero-order valence-corrected chi connectivity index (χ0v) is 12.9. The summed E-state index contributed by atoms with van der Waals surface area (Å²) in [5.74, 6) is -0.624. The third-order valence-corrected chi connectivity index (χ3v) is 4.83. The summed E-state index contributed by atoms with van der Waals surface area (Å²) in [6, 6.07) is 7.55. The average Bonchev–Trinajstić information content (AvgIpc) is 3.14. The molecule has 2 fully saturated rings. The number of hydrogen-bond acceptors (Lipinski definition) is 5. The predicted octanol–water partition coefficient (Wildman–Crippen LogP) is 1.96.